The highest BCUT2D eigenvalue weighted by Crippen LogP contribution is 2.37. The van der Waals surface area contributed by atoms with Crippen molar-refractivity contribution in [3.63, 3.8) is 0 Å². The molecular weight excluding hydrogens is 412 g/mol. The van der Waals surface area contributed by atoms with Crippen LogP contribution in [0, 0.1) is 0 Å². The summed E-state index contributed by atoms with van der Waals surface area (Å²) in [6.45, 7) is 0. The van der Waals surface area contributed by atoms with Crippen molar-refractivity contribution in [3.8, 4) is 22.4 Å². The summed E-state index contributed by atoms with van der Waals surface area (Å²) in [5, 5.41) is 7.15. The third kappa shape index (κ3) is 2.96. The van der Waals surface area contributed by atoms with Crippen molar-refractivity contribution in [3.05, 3.63) is 121 Å². The van der Waals surface area contributed by atoms with Gasteiger partial charge in [0.15, 0.2) is 0 Å². The highest BCUT2D eigenvalue weighted by Gasteiger charge is 2.12. The molecule has 7 rings (SSSR count). The Morgan fingerprint density at radius 2 is 1.09 bits per heavy atom. The van der Waals surface area contributed by atoms with Crippen LogP contribution >= 0.6 is 0 Å². The maximum absolute atomic E-state index is 5.10. The Balaban J connectivity index is 1.45. The Bertz CT molecular complexity index is 1870. The van der Waals surface area contributed by atoms with Gasteiger partial charge in [-0.05, 0) is 50.9 Å². The van der Waals surface area contributed by atoms with E-state index in [1.165, 1.54) is 32.7 Å². The smallest absolute Gasteiger partial charge is 0.0972 e. The van der Waals surface area contributed by atoms with Crippen LogP contribution in [0.3, 0.4) is 0 Å². The maximum atomic E-state index is 5.10. The van der Waals surface area contributed by atoms with Gasteiger partial charge in [-0.15, -0.1) is 0 Å². The molecule has 0 radical (unpaired) electrons. The lowest BCUT2D eigenvalue weighted by Gasteiger charge is -2.13. The number of fused-ring (bicyclic) bond motifs is 5. The molecule has 34 heavy (non-hydrogen) atoms. The summed E-state index contributed by atoms with van der Waals surface area (Å²) in [7, 11) is 0. The van der Waals surface area contributed by atoms with Gasteiger partial charge in [0.1, 0.15) is 0 Å². The van der Waals surface area contributed by atoms with Crippen LogP contribution in [0.1, 0.15) is 0 Å². The summed E-state index contributed by atoms with van der Waals surface area (Å²) < 4.78 is 0. The average Bonchev–Trinajstić information content (AvgIpc) is 2.92. The van der Waals surface area contributed by atoms with Gasteiger partial charge in [-0.3, -0.25) is 4.98 Å². The third-order valence-electron chi connectivity index (χ3n) is 6.69. The van der Waals surface area contributed by atoms with Crippen LogP contribution < -0.4 is 0 Å². The minimum absolute atomic E-state index is 0.943. The van der Waals surface area contributed by atoms with Gasteiger partial charge in [0.25, 0.3) is 0 Å². The predicted molar refractivity (Wildman–Crippen MR) is 143 cm³/mol. The van der Waals surface area contributed by atoms with E-state index in [2.05, 4.69) is 114 Å². The van der Waals surface area contributed by atoms with E-state index in [9.17, 15) is 0 Å². The zero-order valence-corrected chi connectivity index (χ0v) is 18.4. The van der Waals surface area contributed by atoms with E-state index >= 15 is 0 Å². The van der Waals surface area contributed by atoms with Crippen molar-refractivity contribution in [2.45, 2.75) is 0 Å². The van der Waals surface area contributed by atoms with Gasteiger partial charge >= 0.3 is 0 Å². The molecule has 0 atom stereocenters. The van der Waals surface area contributed by atoms with E-state index in [1.807, 2.05) is 12.3 Å². The predicted octanol–water partition coefficient (Wildman–Crippen LogP) is 8.42. The van der Waals surface area contributed by atoms with Gasteiger partial charge in [-0.25, -0.2) is 4.98 Å². The van der Waals surface area contributed by atoms with Gasteiger partial charge < -0.3 is 0 Å². The van der Waals surface area contributed by atoms with Gasteiger partial charge in [0.05, 0.1) is 16.7 Å². The van der Waals surface area contributed by atoms with Gasteiger partial charge in [-0.2, -0.15) is 0 Å². The lowest BCUT2D eigenvalue weighted by atomic mass is 9.92. The van der Waals surface area contributed by atoms with E-state index in [0.29, 0.717) is 0 Å². The molecule has 2 heterocycles. The molecule has 0 aliphatic rings. The minimum atomic E-state index is 0.943. The number of hydrogen-bond acceptors (Lipinski definition) is 2. The fourth-order valence-electron chi connectivity index (χ4n) is 5.00. The molecular formula is C32H20N2. The normalized spacial score (nSPS) is 11.5. The molecule has 0 N–H and O–H groups in total. The first kappa shape index (κ1) is 19.0. The van der Waals surface area contributed by atoms with E-state index in [1.54, 1.807) is 0 Å². The molecule has 2 heteroatoms. The van der Waals surface area contributed by atoms with E-state index in [-0.39, 0.29) is 0 Å². The van der Waals surface area contributed by atoms with Crippen LogP contribution in [0.15, 0.2) is 121 Å². The quantitative estimate of drug-likeness (QED) is 0.256. The average molecular weight is 433 g/mol. The van der Waals surface area contributed by atoms with Crippen molar-refractivity contribution in [2.75, 3.05) is 0 Å². The van der Waals surface area contributed by atoms with Crippen LogP contribution in [-0.4, -0.2) is 9.97 Å². The molecule has 0 saturated heterocycles. The molecule has 0 fully saturated rings. The monoisotopic (exact) mass is 432 g/mol. The summed E-state index contributed by atoms with van der Waals surface area (Å²) in [4.78, 5) is 9.73. The molecule has 2 nitrogen and oxygen atoms in total. The van der Waals surface area contributed by atoms with Crippen LogP contribution in [-0.2, 0) is 0 Å². The summed E-state index contributed by atoms with van der Waals surface area (Å²) in [6.07, 6.45) is 1.84. The Labute approximate surface area is 197 Å². The topological polar surface area (TPSA) is 25.8 Å². The van der Waals surface area contributed by atoms with Gasteiger partial charge in [0.2, 0.25) is 0 Å². The number of pyridine rings is 2. The highest BCUT2D eigenvalue weighted by atomic mass is 14.8. The molecule has 0 amide bonds. The molecule has 0 bridgehead atoms. The number of benzene rings is 5. The van der Waals surface area contributed by atoms with Crippen molar-refractivity contribution in [1.29, 1.82) is 0 Å². The highest BCUT2D eigenvalue weighted by molar-refractivity contribution is 6.07. The molecule has 0 unspecified atom stereocenters. The fourth-order valence-corrected chi connectivity index (χ4v) is 5.00. The van der Waals surface area contributed by atoms with E-state index < -0.39 is 0 Å². The second-order valence-electron chi connectivity index (χ2n) is 8.68. The van der Waals surface area contributed by atoms with Crippen LogP contribution in [0.25, 0.3) is 65.7 Å². The summed E-state index contributed by atoms with van der Waals surface area (Å²) in [6, 6.07) is 40.8. The summed E-state index contributed by atoms with van der Waals surface area (Å²) in [5.41, 5.74) is 6.44. The third-order valence-corrected chi connectivity index (χ3v) is 6.69. The molecule has 5 aromatic carbocycles. The number of rotatable bonds is 2. The van der Waals surface area contributed by atoms with Crippen LogP contribution in [0.4, 0.5) is 0 Å². The Morgan fingerprint density at radius 3 is 1.97 bits per heavy atom. The van der Waals surface area contributed by atoms with E-state index in [4.69, 9.17) is 4.98 Å². The second-order valence-corrected chi connectivity index (χ2v) is 8.68. The molecule has 0 aliphatic heterocycles. The van der Waals surface area contributed by atoms with Gasteiger partial charge in [0, 0.05) is 22.5 Å². The zero-order valence-electron chi connectivity index (χ0n) is 18.4. The number of hydrogen-bond donors (Lipinski definition) is 0. The SMILES string of the molecule is c1ccc2cc(-c3ccc(-c4ccc5ccc6cccnc6c5n4)c4ccccc34)ccc2c1. The van der Waals surface area contributed by atoms with Crippen molar-refractivity contribution in [2.24, 2.45) is 0 Å². The largest absolute Gasteiger partial charge is 0.254 e. The lowest BCUT2D eigenvalue weighted by Crippen LogP contribution is -1.91. The Morgan fingerprint density at radius 1 is 0.441 bits per heavy atom. The lowest BCUT2D eigenvalue weighted by molar-refractivity contribution is 1.37. The van der Waals surface area contributed by atoms with Gasteiger partial charge in [-0.1, -0.05) is 97.1 Å². The first-order chi connectivity index (χ1) is 16.8. The van der Waals surface area contributed by atoms with Crippen LogP contribution in [0.5, 0.6) is 0 Å². The standard InChI is InChI=1S/C32H20N2/c1-2-7-24-20-25(14-11-21(24)6-1)26-16-17-29(28-10-4-3-9-27(26)28)30-18-15-23-13-12-22-8-5-19-33-31(22)32(23)34-30/h1-20H. The minimum Gasteiger partial charge on any atom is -0.254 e. The first-order valence-corrected chi connectivity index (χ1v) is 11.5. The van der Waals surface area contributed by atoms with E-state index in [0.717, 1.165) is 33.1 Å². The fraction of sp³-hybridized carbons (Fsp3) is 0. The molecule has 0 aliphatic carbocycles. The Kier molecular flexibility index (Phi) is 4.18. The molecule has 2 aromatic heterocycles. The number of nitrogens with zero attached hydrogens (tertiary/aromatic N) is 2. The summed E-state index contributed by atoms with van der Waals surface area (Å²) >= 11 is 0. The molecule has 7 aromatic rings. The molecule has 0 saturated carbocycles. The zero-order chi connectivity index (χ0) is 22.5. The summed E-state index contributed by atoms with van der Waals surface area (Å²) in [5.74, 6) is 0. The van der Waals surface area contributed by atoms with Crippen molar-refractivity contribution in [1.82, 2.24) is 9.97 Å². The van der Waals surface area contributed by atoms with Crippen molar-refractivity contribution < 1.29 is 0 Å². The van der Waals surface area contributed by atoms with Crippen molar-refractivity contribution >= 4 is 43.4 Å². The second kappa shape index (κ2) is 7.50. The number of aromatic nitrogens is 2. The molecule has 158 valence electrons. The van der Waals surface area contributed by atoms with Crippen LogP contribution in [0.2, 0.25) is 0 Å². The maximum Gasteiger partial charge on any atom is 0.0972 e. The first-order valence-electron chi connectivity index (χ1n) is 11.5. The Hall–Kier alpha value is -4.56. The molecule has 0 spiro atoms.